The van der Waals surface area contributed by atoms with E-state index in [1.807, 2.05) is 42.5 Å². The van der Waals surface area contributed by atoms with Gasteiger partial charge in [0, 0.05) is 43.9 Å². The lowest BCUT2D eigenvalue weighted by Gasteiger charge is -2.29. The lowest BCUT2D eigenvalue weighted by Crippen LogP contribution is -2.52. The van der Waals surface area contributed by atoms with E-state index in [9.17, 15) is 14.4 Å². The zero-order valence-corrected chi connectivity index (χ0v) is 17.0. The number of rotatable bonds is 6. The number of fused-ring (bicyclic) bond motifs is 1. The van der Waals surface area contributed by atoms with E-state index in [1.54, 1.807) is 4.90 Å². The monoisotopic (exact) mass is 420 g/mol. The summed E-state index contributed by atoms with van der Waals surface area (Å²) < 4.78 is 5.83. The number of anilines is 1. The summed E-state index contributed by atoms with van der Waals surface area (Å²) in [4.78, 5) is 37.9. The van der Waals surface area contributed by atoms with E-state index in [0.29, 0.717) is 25.1 Å². The number of hydrogen-bond acceptors (Lipinski definition) is 6. The molecule has 0 bridgehead atoms. The summed E-state index contributed by atoms with van der Waals surface area (Å²) in [7, 11) is 0. The van der Waals surface area contributed by atoms with Crippen molar-refractivity contribution in [2.45, 2.75) is 38.1 Å². The summed E-state index contributed by atoms with van der Waals surface area (Å²) in [6.07, 6.45) is 0.885. The first-order valence-electron chi connectivity index (χ1n) is 10.5. The SMILES string of the molecule is O=C1CCC(N2Cc3cc(CNc4ccc(OC5CNC5)cc4)ccc3C2=O)C(=O)N1. The minimum absolute atomic E-state index is 0.152. The Kier molecular flexibility index (Phi) is 5.07. The molecule has 8 heteroatoms. The van der Waals surface area contributed by atoms with Crippen molar-refractivity contribution in [2.24, 2.45) is 0 Å². The van der Waals surface area contributed by atoms with E-state index in [-0.39, 0.29) is 30.2 Å². The standard InChI is InChI=1S/C23H24N4O4/c28-21-8-7-20(22(29)26-21)27-13-15-9-14(1-6-19(15)23(27)30)10-25-16-2-4-17(5-3-16)31-18-11-24-12-18/h1-6,9,18,20,24-25H,7-8,10-13H2,(H,26,28,29). The Hall–Kier alpha value is -3.39. The number of imide groups is 1. The fourth-order valence-electron chi connectivity index (χ4n) is 4.13. The summed E-state index contributed by atoms with van der Waals surface area (Å²) in [5.74, 6) is 0.0431. The van der Waals surface area contributed by atoms with Crippen LogP contribution in [0, 0.1) is 0 Å². The highest BCUT2D eigenvalue weighted by atomic mass is 16.5. The molecule has 160 valence electrons. The van der Waals surface area contributed by atoms with Crippen LogP contribution in [-0.4, -0.2) is 47.9 Å². The maximum absolute atomic E-state index is 12.8. The van der Waals surface area contributed by atoms with Crippen molar-refractivity contribution in [2.75, 3.05) is 18.4 Å². The van der Waals surface area contributed by atoms with Crippen molar-refractivity contribution in [1.82, 2.24) is 15.5 Å². The van der Waals surface area contributed by atoms with Gasteiger partial charge < -0.3 is 20.3 Å². The van der Waals surface area contributed by atoms with Crippen molar-refractivity contribution < 1.29 is 19.1 Å². The number of nitrogens with zero attached hydrogens (tertiary/aromatic N) is 1. The molecule has 0 radical (unpaired) electrons. The predicted octanol–water partition coefficient (Wildman–Crippen LogP) is 1.41. The zero-order valence-electron chi connectivity index (χ0n) is 17.0. The van der Waals surface area contributed by atoms with Crippen LogP contribution >= 0.6 is 0 Å². The minimum atomic E-state index is -0.587. The van der Waals surface area contributed by atoms with E-state index in [2.05, 4.69) is 16.0 Å². The second-order valence-electron chi connectivity index (χ2n) is 8.17. The van der Waals surface area contributed by atoms with E-state index < -0.39 is 6.04 Å². The molecule has 0 saturated carbocycles. The number of benzene rings is 2. The van der Waals surface area contributed by atoms with E-state index in [0.717, 1.165) is 35.7 Å². The third-order valence-electron chi connectivity index (χ3n) is 5.99. The van der Waals surface area contributed by atoms with Gasteiger partial charge in [0.1, 0.15) is 17.9 Å². The van der Waals surface area contributed by atoms with Gasteiger partial charge in [0.15, 0.2) is 0 Å². The summed E-state index contributed by atoms with van der Waals surface area (Å²) in [6, 6.07) is 13.1. The van der Waals surface area contributed by atoms with Crippen LogP contribution in [0.15, 0.2) is 42.5 Å². The Morgan fingerprint density at radius 2 is 1.87 bits per heavy atom. The molecular formula is C23H24N4O4. The normalized spacial score (nSPS) is 20.8. The predicted molar refractivity (Wildman–Crippen MR) is 114 cm³/mol. The molecule has 2 fully saturated rings. The molecule has 2 aromatic carbocycles. The van der Waals surface area contributed by atoms with Crippen LogP contribution in [0.4, 0.5) is 5.69 Å². The molecular weight excluding hydrogens is 396 g/mol. The third kappa shape index (κ3) is 3.98. The lowest BCUT2D eigenvalue weighted by molar-refractivity contribution is -0.136. The number of amides is 3. The highest BCUT2D eigenvalue weighted by molar-refractivity contribution is 6.05. The fraction of sp³-hybridized carbons (Fsp3) is 0.348. The molecule has 1 unspecified atom stereocenters. The number of carbonyl (C=O) groups excluding carboxylic acids is 3. The first-order valence-corrected chi connectivity index (χ1v) is 10.5. The minimum Gasteiger partial charge on any atom is -0.488 e. The zero-order chi connectivity index (χ0) is 21.4. The highest BCUT2D eigenvalue weighted by Crippen LogP contribution is 2.28. The molecule has 3 N–H and O–H groups in total. The molecule has 31 heavy (non-hydrogen) atoms. The van der Waals surface area contributed by atoms with Gasteiger partial charge in [0.25, 0.3) is 5.91 Å². The van der Waals surface area contributed by atoms with Gasteiger partial charge in [-0.15, -0.1) is 0 Å². The van der Waals surface area contributed by atoms with Crippen LogP contribution in [0.25, 0.3) is 0 Å². The quantitative estimate of drug-likeness (QED) is 0.611. The van der Waals surface area contributed by atoms with Crippen LogP contribution in [-0.2, 0) is 22.7 Å². The van der Waals surface area contributed by atoms with Gasteiger partial charge in [-0.25, -0.2) is 0 Å². The maximum atomic E-state index is 12.8. The molecule has 1 atom stereocenters. The van der Waals surface area contributed by atoms with Crippen LogP contribution in [0.5, 0.6) is 5.75 Å². The Labute approximate surface area is 179 Å². The second kappa shape index (κ2) is 8.03. The van der Waals surface area contributed by atoms with Gasteiger partial charge in [-0.2, -0.15) is 0 Å². The molecule has 5 rings (SSSR count). The number of nitrogens with one attached hydrogen (secondary N) is 3. The van der Waals surface area contributed by atoms with Gasteiger partial charge in [0.2, 0.25) is 11.8 Å². The Bertz CT molecular complexity index is 1030. The van der Waals surface area contributed by atoms with Crippen molar-refractivity contribution in [1.29, 1.82) is 0 Å². The van der Waals surface area contributed by atoms with Crippen LogP contribution < -0.4 is 20.7 Å². The topological polar surface area (TPSA) is 99.8 Å². The Balaban J connectivity index is 1.21. The Morgan fingerprint density at radius 1 is 1.06 bits per heavy atom. The first kappa shape index (κ1) is 19.6. The molecule has 3 aliphatic heterocycles. The van der Waals surface area contributed by atoms with Crippen LogP contribution in [0.3, 0.4) is 0 Å². The maximum Gasteiger partial charge on any atom is 0.255 e. The van der Waals surface area contributed by atoms with Crippen molar-refractivity contribution in [3.63, 3.8) is 0 Å². The van der Waals surface area contributed by atoms with Gasteiger partial charge in [-0.3, -0.25) is 19.7 Å². The van der Waals surface area contributed by atoms with Crippen molar-refractivity contribution in [3.05, 3.63) is 59.2 Å². The van der Waals surface area contributed by atoms with Gasteiger partial charge in [-0.05, 0) is 47.9 Å². The first-order chi connectivity index (χ1) is 15.1. The fourth-order valence-corrected chi connectivity index (χ4v) is 4.13. The number of hydrogen-bond donors (Lipinski definition) is 3. The molecule has 8 nitrogen and oxygen atoms in total. The average molecular weight is 420 g/mol. The lowest BCUT2D eigenvalue weighted by atomic mass is 10.0. The number of piperidine rings is 1. The summed E-state index contributed by atoms with van der Waals surface area (Å²) in [5, 5.41) is 8.90. The molecule has 0 aliphatic carbocycles. The van der Waals surface area contributed by atoms with E-state index in [1.165, 1.54) is 0 Å². The summed E-state index contributed by atoms with van der Waals surface area (Å²) in [6.45, 7) is 2.78. The highest BCUT2D eigenvalue weighted by Gasteiger charge is 2.39. The number of ether oxygens (including phenoxy) is 1. The molecule has 3 heterocycles. The smallest absolute Gasteiger partial charge is 0.255 e. The largest absolute Gasteiger partial charge is 0.488 e. The van der Waals surface area contributed by atoms with E-state index in [4.69, 9.17) is 4.74 Å². The van der Waals surface area contributed by atoms with Gasteiger partial charge >= 0.3 is 0 Å². The summed E-state index contributed by atoms with van der Waals surface area (Å²) in [5.41, 5.74) is 3.57. The van der Waals surface area contributed by atoms with Gasteiger partial charge in [0.05, 0.1) is 0 Å². The number of carbonyl (C=O) groups is 3. The third-order valence-corrected chi connectivity index (χ3v) is 5.99. The van der Waals surface area contributed by atoms with E-state index >= 15 is 0 Å². The molecule has 0 spiro atoms. The molecule has 3 amide bonds. The van der Waals surface area contributed by atoms with Crippen molar-refractivity contribution >= 4 is 23.4 Å². The molecule has 2 saturated heterocycles. The average Bonchev–Trinajstić information content (AvgIpc) is 3.06. The van der Waals surface area contributed by atoms with Crippen LogP contribution in [0.1, 0.15) is 34.3 Å². The van der Waals surface area contributed by atoms with Crippen LogP contribution in [0.2, 0.25) is 0 Å². The molecule has 3 aliphatic rings. The van der Waals surface area contributed by atoms with Gasteiger partial charge in [-0.1, -0.05) is 12.1 Å². The second-order valence-corrected chi connectivity index (χ2v) is 8.17. The van der Waals surface area contributed by atoms with Crippen molar-refractivity contribution in [3.8, 4) is 5.75 Å². The summed E-state index contributed by atoms with van der Waals surface area (Å²) >= 11 is 0. The molecule has 0 aromatic heterocycles. The molecule has 2 aromatic rings. The Morgan fingerprint density at radius 3 is 2.58 bits per heavy atom.